The molecule has 0 aliphatic heterocycles. The molecule has 0 fully saturated rings. The fraction of sp³-hybridized carbons (Fsp3) is 0.235. The minimum atomic E-state index is -0.837. The van der Waals surface area contributed by atoms with Crippen LogP contribution in [0.3, 0.4) is 0 Å². The third kappa shape index (κ3) is 4.60. The number of nitro benzene ring substituents is 1. The molecule has 1 amide bonds. The summed E-state index contributed by atoms with van der Waals surface area (Å²) in [6.07, 6.45) is -0.837. The standard InChI is InChI=1S/C17H18N2O6/c1-11(25-14-6-4-5-13(10-14)23-2)17(20)18-15-9-12(19(21)22)7-8-16(15)24-3/h4-11H,1-3H3,(H,18,20)/t11-/m0/s1. The number of ether oxygens (including phenoxy) is 3. The first kappa shape index (κ1) is 18.1. The number of methoxy groups -OCH3 is 2. The van der Waals surface area contributed by atoms with Crippen molar-refractivity contribution >= 4 is 17.3 Å². The third-order valence-corrected chi connectivity index (χ3v) is 3.38. The number of carbonyl (C=O) groups excluding carboxylic acids is 1. The monoisotopic (exact) mass is 346 g/mol. The van der Waals surface area contributed by atoms with E-state index >= 15 is 0 Å². The summed E-state index contributed by atoms with van der Waals surface area (Å²) in [6, 6.07) is 10.8. The van der Waals surface area contributed by atoms with Crippen LogP contribution in [0.2, 0.25) is 0 Å². The van der Waals surface area contributed by atoms with Gasteiger partial charge in [-0.2, -0.15) is 0 Å². The second kappa shape index (κ2) is 8.00. The lowest BCUT2D eigenvalue weighted by molar-refractivity contribution is -0.384. The number of non-ortho nitro benzene ring substituents is 1. The number of hydrogen-bond donors (Lipinski definition) is 1. The number of rotatable bonds is 7. The molecule has 2 rings (SSSR count). The summed E-state index contributed by atoms with van der Waals surface area (Å²) in [5.74, 6) is 0.910. The molecule has 2 aromatic carbocycles. The van der Waals surface area contributed by atoms with Crippen LogP contribution in [0, 0.1) is 10.1 Å². The topological polar surface area (TPSA) is 99.9 Å². The van der Waals surface area contributed by atoms with Crippen LogP contribution in [-0.4, -0.2) is 31.2 Å². The fourth-order valence-electron chi connectivity index (χ4n) is 2.07. The smallest absolute Gasteiger partial charge is 0.271 e. The molecule has 0 aliphatic rings. The lowest BCUT2D eigenvalue weighted by atomic mass is 10.2. The van der Waals surface area contributed by atoms with Crippen molar-refractivity contribution in [1.82, 2.24) is 0 Å². The fourth-order valence-corrected chi connectivity index (χ4v) is 2.07. The Bertz CT molecular complexity index is 777. The summed E-state index contributed by atoms with van der Waals surface area (Å²) in [6.45, 7) is 1.57. The summed E-state index contributed by atoms with van der Waals surface area (Å²) in [5.41, 5.74) is 0.0419. The zero-order chi connectivity index (χ0) is 18.4. The molecule has 2 aromatic rings. The van der Waals surface area contributed by atoms with Crippen molar-refractivity contribution in [3.05, 3.63) is 52.6 Å². The number of nitrogens with zero attached hydrogens (tertiary/aromatic N) is 1. The van der Waals surface area contributed by atoms with Gasteiger partial charge in [0.2, 0.25) is 0 Å². The number of nitro groups is 1. The van der Waals surface area contributed by atoms with Gasteiger partial charge in [0.05, 0.1) is 24.8 Å². The van der Waals surface area contributed by atoms with Crippen molar-refractivity contribution in [3.8, 4) is 17.2 Å². The van der Waals surface area contributed by atoms with Gasteiger partial charge in [0.15, 0.2) is 6.10 Å². The molecule has 0 aromatic heterocycles. The van der Waals surface area contributed by atoms with E-state index in [9.17, 15) is 14.9 Å². The second-order valence-corrected chi connectivity index (χ2v) is 5.07. The van der Waals surface area contributed by atoms with E-state index in [0.29, 0.717) is 17.2 Å². The predicted molar refractivity (Wildman–Crippen MR) is 91.4 cm³/mol. The van der Waals surface area contributed by atoms with Crippen molar-refractivity contribution in [3.63, 3.8) is 0 Å². The molecule has 8 heteroatoms. The molecule has 0 saturated heterocycles. The zero-order valence-corrected chi connectivity index (χ0v) is 14.0. The number of nitrogens with one attached hydrogen (secondary N) is 1. The van der Waals surface area contributed by atoms with Crippen molar-refractivity contribution in [1.29, 1.82) is 0 Å². The average Bonchev–Trinajstić information content (AvgIpc) is 2.61. The van der Waals surface area contributed by atoms with Crippen LogP contribution < -0.4 is 19.5 Å². The second-order valence-electron chi connectivity index (χ2n) is 5.07. The van der Waals surface area contributed by atoms with Crippen molar-refractivity contribution in [2.45, 2.75) is 13.0 Å². The van der Waals surface area contributed by atoms with Gasteiger partial charge in [0.1, 0.15) is 17.2 Å². The maximum absolute atomic E-state index is 12.3. The van der Waals surface area contributed by atoms with E-state index < -0.39 is 16.9 Å². The first-order valence-corrected chi connectivity index (χ1v) is 7.38. The summed E-state index contributed by atoms with van der Waals surface area (Å²) in [5, 5.41) is 13.5. The summed E-state index contributed by atoms with van der Waals surface area (Å²) in [7, 11) is 2.94. The van der Waals surface area contributed by atoms with E-state index in [1.54, 1.807) is 31.2 Å². The highest BCUT2D eigenvalue weighted by atomic mass is 16.6. The molecule has 0 unspecified atom stereocenters. The molecule has 1 N–H and O–H groups in total. The molecule has 0 aliphatic carbocycles. The molecular weight excluding hydrogens is 328 g/mol. The van der Waals surface area contributed by atoms with Crippen molar-refractivity contribution in [2.24, 2.45) is 0 Å². The van der Waals surface area contributed by atoms with E-state index in [-0.39, 0.29) is 11.4 Å². The maximum Gasteiger partial charge on any atom is 0.271 e. The Kier molecular flexibility index (Phi) is 5.78. The van der Waals surface area contributed by atoms with Gasteiger partial charge in [0, 0.05) is 18.2 Å². The molecular formula is C17H18N2O6. The first-order valence-electron chi connectivity index (χ1n) is 7.38. The van der Waals surface area contributed by atoms with Crippen LogP contribution in [0.5, 0.6) is 17.2 Å². The Labute approximate surface area is 144 Å². The molecule has 0 spiro atoms. The number of amides is 1. The number of anilines is 1. The molecule has 0 bridgehead atoms. The predicted octanol–water partition coefficient (Wildman–Crippen LogP) is 3.02. The van der Waals surface area contributed by atoms with Crippen LogP contribution in [0.15, 0.2) is 42.5 Å². The lowest BCUT2D eigenvalue weighted by Gasteiger charge is -2.16. The normalized spacial score (nSPS) is 11.3. The molecule has 1 atom stereocenters. The van der Waals surface area contributed by atoms with E-state index in [0.717, 1.165) is 0 Å². The SMILES string of the molecule is COc1cccc(O[C@@H](C)C(=O)Nc2cc([N+](=O)[O-])ccc2OC)c1. The van der Waals surface area contributed by atoms with Crippen LogP contribution >= 0.6 is 0 Å². The number of hydrogen-bond acceptors (Lipinski definition) is 6. The van der Waals surface area contributed by atoms with Gasteiger partial charge in [-0.1, -0.05) is 6.07 Å². The summed E-state index contributed by atoms with van der Waals surface area (Å²) in [4.78, 5) is 22.7. The first-order chi connectivity index (χ1) is 11.9. The van der Waals surface area contributed by atoms with E-state index in [1.165, 1.54) is 32.4 Å². The van der Waals surface area contributed by atoms with Gasteiger partial charge >= 0.3 is 0 Å². The highest BCUT2D eigenvalue weighted by Crippen LogP contribution is 2.29. The van der Waals surface area contributed by atoms with Gasteiger partial charge in [-0.15, -0.1) is 0 Å². The van der Waals surface area contributed by atoms with Gasteiger partial charge < -0.3 is 19.5 Å². The Morgan fingerprint density at radius 3 is 2.48 bits per heavy atom. The zero-order valence-electron chi connectivity index (χ0n) is 14.0. The highest BCUT2D eigenvalue weighted by molar-refractivity contribution is 5.95. The van der Waals surface area contributed by atoms with Crippen LogP contribution in [0.1, 0.15) is 6.92 Å². The summed E-state index contributed by atoms with van der Waals surface area (Å²) >= 11 is 0. The lowest BCUT2D eigenvalue weighted by Crippen LogP contribution is -2.30. The Morgan fingerprint density at radius 2 is 1.84 bits per heavy atom. The quantitative estimate of drug-likeness (QED) is 0.611. The molecule has 0 saturated carbocycles. The molecule has 25 heavy (non-hydrogen) atoms. The van der Waals surface area contributed by atoms with E-state index in [1.807, 2.05) is 0 Å². The molecule has 8 nitrogen and oxygen atoms in total. The Morgan fingerprint density at radius 1 is 1.12 bits per heavy atom. The highest BCUT2D eigenvalue weighted by Gasteiger charge is 2.19. The van der Waals surface area contributed by atoms with Gasteiger partial charge in [-0.25, -0.2) is 0 Å². The molecule has 0 heterocycles. The molecule has 132 valence electrons. The average molecular weight is 346 g/mol. The Balaban J connectivity index is 2.12. The van der Waals surface area contributed by atoms with Crippen LogP contribution in [-0.2, 0) is 4.79 Å². The van der Waals surface area contributed by atoms with Gasteiger partial charge in [-0.05, 0) is 25.1 Å². The van der Waals surface area contributed by atoms with Gasteiger partial charge in [0.25, 0.3) is 11.6 Å². The third-order valence-electron chi connectivity index (χ3n) is 3.38. The maximum atomic E-state index is 12.3. The largest absolute Gasteiger partial charge is 0.497 e. The molecule has 0 radical (unpaired) electrons. The number of carbonyl (C=O) groups is 1. The van der Waals surface area contributed by atoms with E-state index in [2.05, 4.69) is 5.32 Å². The van der Waals surface area contributed by atoms with Gasteiger partial charge in [-0.3, -0.25) is 14.9 Å². The van der Waals surface area contributed by atoms with Crippen molar-refractivity contribution < 1.29 is 23.9 Å². The number of benzene rings is 2. The minimum absolute atomic E-state index is 0.155. The van der Waals surface area contributed by atoms with E-state index in [4.69, 9.17) is 14.2 Å². The summed E-state index contributed by atoms with van der Waals surface area (Å²) < 4.78 is 15.8. The Hall–Kier alpha value is -3.29. The minimum Gasteiger partial charge on any atom is -0.497 e. The van der Waals surface area contributed by atoms with Crippen molar-refractivity contribution in [2.75, 3.05) is 19.5 Å². The van der Waals surface area contributed by atoms with Crippen LogP contribution in [0.25, 0.3) is 0 Å². The van der Waals surface area contributed by atoms with Crippen LogP contribution in [0.4, 0.5) is 11.4 Å².